The predicted molar refractivity (Wildman–Crippen MR) is 126 cm³/mol. The summed E-state index contributed by atoms with van der Waals surface area (Å²) in [4.78, 5) is 29.3. The van der Waals surface area contributed by atoms with Crippen LogP contribution in [0.15, 0.2) is 42.9 Å². The van der Waals surface area contributed by atoms with Crippen molar-refractivity contribution in [2.75, 3.05) is 0 Å². The third kappa shape index (κ3) is 3.34. The Balaban J connectivity index is 1.39. The molecule has 1 aromatic carbocycles. The highest BCUT2D eigenvalue weighted by molar-refractivity contribution is 6.07. The minimum atomic E-state index is -0.133. The van der Waals surface area contributed by atoms with Gasteiger partial charge in [-0.25, -0.2) is 15.0 Å². The number of nitrogens with zero attached hydrogens (tertiary/aromatic N) is 4. The third-order valence-electron chi connectivity index (χ3n) is 6.42. The predicted octanol–water partition coefficient (Wildman–Crippen LogP) is 4.01. The van der Waals surface area contributed by atoms with E-state index in [2.05, 4.69) is 30.5 Å². The van der Waals surface area contributed by atoms with E-state index in [1.54, 1.807) is 18.6 Å². The summed E-state index contributed by atoms with van der Waals surface area (Å²) in [5.74, 6) is 0.590. The molecule has 3 N–H and O–H groups in total. The van der Waals surface area contributed by atoms with Crippen LogP contribution in [0.5, 0.6) is 0 Å². The van der Waals surface area contributed by atoms with Gasteiger partial charge >= 0.3 is 0 Å². The van der Waals surface area contributed by atoms with Crippen molar-refractivity contribution in [2.24, 2.45) is 0 Å². The lowest BCUT2D eigenvalue weighted by Gasteiger charge is -2.21. The largest absolute Gasteiger partial charge is 0.347 e. The molecule has 0 aliphatic heterocycles. The second kappa shape index (κ2) is 7.81. The van der Waals surface area contributed by atoms with Gasteiger partial charge in [-0.15, -0.1) is 0 Å². The van der Waals surface area contributed by atoms with Gasteiger partial charge in [0.1, 0.15) is 11.3 Å². The zero-order valence-electron chi connectivity index (χ0n) is 18.3. The number of aromatic nitrogens is 6. The fourth-order valence-corrected chi connectivity index (χ4v) is 4.82. The minimum Gasteiger partial charge on any atom is -0.347 e. The zero-order chi connectivity index (χ0) is 22.4. The van der Waals surface area contributed by atoms with Crippen molar-refractivity contribution < 1.29 is 4.79 Å². The molecule has 0 radical (unpaired) electrons. The van der Waals surface area contributed by atoms with Crippen LogP contribution in [0.25, 0.3) is 33.2 Å². The molecule has 0 saturated heterocycles. The molecule has 164 valence electrons. The van der Waals surface area contributed by atoms with E-state index in [4.69, 9.17) is 4.98 Å². The van der Waals surface area contributed by atoms with Crippen LogP contribution in [-0.2, 0) is 19.4 Å². The molecule has 1 amide bonds. The maximum Gasteiger partial charge on any atom is 0.251 e. The van der Waals surface area contributed by atoms with Crippen LogP contribution in [0, 0.1) is 6.92 Å². The second-order valence-corrected chi connectivity index (χ2v) is 8.49. The smallest absolute Gasteiger partial charge is 0.251 e. The van der Waals surface area contributed by atoms with Gasteiger partial charge in [-0.3, -0.25) is 9.89 Å². The van der Waals surface area contributed by atoms with Crippen LogP contribution in [0.3, 0.4) is 0 Å². The van der Waals surface area contributed by atoms with E-state index < -0.39 is 0 Å². The molecule has 4 aromatic heterocycles. The Bertz CT molecular complexity index is 1480. The maximum atomic E-state index is 12.5. The van der Waals surface area contributed by atoms with Crippen LogP contribution in [0.4, 0.5) is 0 Å². The van der Waals surface area contributed by atoms with Crippen LogP contribution in [0.1, 0.15) is 45.8 Å². The van der Waals surface area contributed by atoms with E-state index in [0.29, 0.717) is 12.1 Å². The Labute approximate surface area is 189 Å². The standard InChI is InChI=1S/C25H23N7O/c1-14-21-19(32-31-14)12-28-24-22(21)17-4-2-3-5-18(17)23(30-24)15-6-8-16(9-7-15)25(33)29-13-20-26-10-11-27-20/h6-12H,2-5,13H2,1H3,(H,26,27)(H,29,33)(H,31,32). The van der Waals surface area contributed by atoms with Gasteiger partial charge in [0.25, 0.3) is 5.91 Å². The van der Waals surface area contributed by atoms with E-state index in [-0.39, 0.29) is 5.91 Å². The summed E-state index contributed by atoms with van der Waals surface area (Å²) < 4.78 is 0. The van der Waals surface area contributed by atoms with Crippen LogP contribution >= 0.6 is 0 Å². The van der Waals surface area contributed by atoms with Crippen molar-refractivity contribution in [3.63, 3.8) is 0 Å². The van der Waals surface area contributed by atoms with Gasteiger partial charge in [0.15, 0.2) is 5.65 Å². The number of pyridine rings is 2. The van der Waals surface area contributed by atoms with E-state index in [9.17, 15) is 4.79 Å². The van der Waals surface area contributed by atoms with Crippen LogP contribution in [0.2, 0.25) is 0 Å². The number of carbonyl (C=O) groups is 1. The first-order valence-electron chi connectivity index (χ1n) is 11.2. The van der Waals surface area contributed by atoms with Gasteiger partial charge < -0.3 is 10.3 Å². The Kier molecular flexibility index (Phi) is 4.64. The Morgan fingerprint density at radius 2 is 1.88 bits per heavy atom. The fourth-order valence-electron chi connectivity index (χ4n) is 4.82. The molecule has 0 unspecified atom stereocenters. The summed E-state index contributed by atoms with van der Waals surface area (Å²) in [5, 5.41) is 12.6. The number of aromatic amines is 2. The van der Waals surface area contributed by atoms with Crippen LogP contribution < -0.4 is 5.32 Å². The number of aryl methyl sites for hydroxylation is 2. The molecular formula is C25H23N7O. The van der Waals surface area contributed by atoms with Gasteiger partial charge in [-0.05, 0) is 55.9 Å². The molecule has 1 aliphatic rings. The molecule has 8 heteroatoms. The zero-order valence-corrected chi connectivity index (χ0v) is 18.3. The molecule has 0 atom stereocenters. The molecule has 0 fully saturated rings. The first-order valence-corrected chi connectivity index (χ1v) is 11.2. The molecule has 0 bridgehead atoms. The number of imidazole rings is 1. The SMILES string of the molecule is Cc1[nH]nc2cnc3nc(-c4ccc(C(=O)NCc5ncc[nH]5)cc4)c4c(c3c12)CCCC4. The first-order chi connectivity index (χ1) is 16.2. The topological polar surface area (TPSA) is 112 Å². The highest BCUT2D eigenvalue weighted by Gasteiger charge is 2.22. The van der Waals surface area contributed by atoms with Gasteiger partial charge in [0.05, 0.1) is 18.4 Å². The number of nitrogens with one attached hydrogen (secondary N) is 3. The first kappa shape index (κ1) is 19.6. The Hall–Kier alpha value is -4.07. The summed E-state index contributed by atoms with van der Waals surface area (Å²) in [6.07, 6.45) is 9.51. The highest BCUT2D eigenvalue weighted by Crippen LogP contribution is 2.37. The van der Waals surface area contributed by atoms with E-state index in [1.165, 1.54) is 11.1 Å². The number of rotatable bonds is 4. The second-order valence-electron chi connectivity index (χ2n) is 8.49. The Morgan fingerprint density at radius 3 is 2.67 bits per heavy atom. The summed E-state index contributed by atoms with van der Waals surface area (Å²) >= 11 is 0. The molecule has 0 spiro atoms. The molecule has 4 heterocycles. The number of fused-ring (bicyclic) bond motifs is 5. The quantitative estimate of drug-likeness (QED) is 0.393. The van der Waals surface area contributed by atoms with Crippen LogP contribution in [-0.4, -0.2) is 36.0 Å². The minimum absolute atomic E-state index is 0.133. The molecule has 0 saturated carbocycles. The van der Waals surface area contributed by atoms with Crippen molar-refractivity contribution >= 4 is 27.8 Å². The number of H-pyrrole nitrogens is 2. The maximum absolute atomic E-state index is 12.5. The van der Waals surface area contributed by atoms with Gasteiger partial charge in [-0.1, -0.05) is 12.1 Å². The lowest BCUT2D eigenvalue weighted by atomic mass is 9.86. The van der Waals surface area contributed by atoms with E-state index in [0.717, 1.165) is 70.4 Å². The summed E-state index contributed by atoms with van der Waals surface area (Å²) in [7, 11) is 0. The molecule has 1 aliphatic carbocycles. The molecule has 33 heavy (non-hydrogen) atoms. The van der Waals surface area contributed by atoms with Gasteiger partial charge in [0, 0.05) is 40.0 Å². The average Bonchev–Trinajstić information content (AvgIpc) is 3.52. The number of hydrogen-bond acceptors (Lipinski definition) is 5. The molecule has 8 nitrogen and oxygen atoms in total. The normalized spacial score (nSPS) is 13.4. The highest BCUT2D eigenvalue weighted by atomic mass is 16.1. The summed E-state index contributed by atoms with van der Waals surface area (Å²) in [6, 6.07) is 7.66. The number of benzene rings is 1. The van der Waals surface area contributed by atoms with Gasteiger partial charge in [-0.2, -0.15) is 5.10 Å². The van der Waals surface area contributed by atoms with Crippen molar-refractivity contribution in [3.05, 3.63) is 71.1 Å². The van der Waals surface area contributed by atoms with Crippen molar-refractivity contribution in [1.29, 1.82) is 0 Å². The average molecular weight is 438 g/mol. The number of amides is 1. The van der Waals surface area contributed by atoms with E-state index in [1.807, 2.05) is 31.2 Å². The van der Waals surface area contributed by atoms with E-state index >= 15 is 0 Å². The van der Waals surface area contributed by atoms with Crippen molar-refractivity contribution in [1.82, 2.24) is 35.5 Å². The lowest BCUT2D eigenvalue weighted by molar-refractivity contribution is 0.0950. The molecule has 5 aromatic rings. The number of carbonyl (C=O) groups excluding carboxylic acids is 1. The third-order valence-corrected chi connectivity index (χ3v) is 6.42. The monoisotopic (exact) mass is 437 g/mol. The number of hydrogen-bond donors (Lipinski definition) is 3. The lowest BCUT2D eigenvalue weighted by Crippen LogP contribution is -2.23. The summed E-state index contributed by atoms with van der Waals surface area (Å²) in [6.45, 7) is 2.41. The Morgan fingerprint density at radius 1 is 1.06 bits per heavy atom. The summed E-state index contributed by atoms with van der Waals surface area (Å²) in [5.41, 5.74) is 7.88. The van der Waals surface area contributed by atoms with Crippen molar-refractivity contribution in [2.45, 2.75) is 39.2 Å². The molecular weight excluding hydrogens is 414 g/mol. The van der Waals surface area contributed by atoms with Gasteiger partial charge in [0.2, 0.25) is 0 Å². The van der Waals surface area contributed by atoms with Crippen molar-refractivity contribution in [3.8, 4) is 11.3 Å². The fraction of sp³-hybridized carbons (Fsp3) is 0.240. The molecule has 6 rings (SSSR count).